The first-order valence-electron chi connectivity index (χ1n) is 10.7. The van der Waals surface area contributed by atoms with Gasteiger partial charge in [-0.3, -0.25) is 9.39 Å². The van der Waals surface area contributed by atoms with E-state index in [4.69, 9.17) is 9.73 Å². The SMILES string of the molecule is CCNC(=NCCCc1nnc2ccccn12)NC1CC(C)(C)Oc2ccccc21. The van der Waals surface area contributed by atoms with Crippen LogP contribution in [0, 0.1) is 0 Å². The van der Waals surface area contributed by atoms with E-state index in [9.17, 15) is 0 Å². The minimum absolute atomic E-state index is 0.156. The van der Waals surface area contributed by atoms with E-state index in [-0.39, 0.29) is 11.6 Å². The van der Waals surface area contributed by atoms with E-state index in [1.807, 2.05) is 40.9 Å². The number of nitrogens with zero attached hydrogens (tertiary/aromatic N) is 4. The summed E-state index contributed by atoms with van der Waals surface area (Å²) >= 11 is 0. The quantitative estimate of drug-likeness (QED) is 0.372. The molecule has 2 N–H and O–H groups in total. The Balaban J connectivity index is 1.41. The van der Waals surface area contributed by atoms with Crippen LogP contribution in [0.4, 0.5) is 0 Å². The molecule has 7 nitrogen and oxygen atoms in total. The highest BCUT2D eigenvalue weighted by Crippen LogP contribution is 2.39. The third-order valence-electron chi connectivity index (χ3n) is 5.24. The van der Waals surface area contributed by atoms with Crippen molar-refractivity contribution < 1.29 is 4.74 Å². The van der Waals surface area contributed by atoms with Crippen LogP contribution in [0.15, 0.2) is 53.7 Å². The van der Waals surface area contributed by atoms with E-state index < -0.39 is 0 Å². The number of pyridine rings is 1. The number of para-hydroxylation sites is 1. The van der Waals surface area contributed by atoms with Gasteiger partial charge in [0.15, 0.2) is 11.6 Å². The summed E-state index contributed by atoms with van der Waals surface area (Å²) in [4.78, 5) is 4.80. The van der Waals surface area contributed by atoms with Gasteiger partial charge in [0, 0.05) is 37.7 Å². The van der Waals surface area contributed by atoms with E-state index >= 15 is 0 Å². The van der Waals surface area contributed by atoms with Gasteiger partial charge in [-0.25, -0.2) is 0 Å². The van der Waals surface area contributed by atoms with Gasteiger partial charge < -0.3 is 15.4 Å². The lowest BCUT2D eigenvalue weighted by Gasteiger charge is -2.38. The Morgan fingerprint density at radius 3 is 2.90 bits per heavy atom. The normalized spacial score (nSPS) is 18.0. The number of hydrogen-bond acceptors (Lipinski definition) is 4. The Labute approximate surface area is 177 Å². The number of ether oxygens (including phenoxy) is 1. The first-order valence-corrected chi connectivity index (χ1v) is 10.7. The van der Waals surface area contributed by atoms with Gasteiger partial charge in [-0.1, -0.05) is 24.3 Å². The van der Waals surface area contributed by atoms with Crippen molar-refractivity contribution in [2.45, 2.75) is 51.7 Å². The fraction of sp³-hybridized carbons (Fsp3) is 0.435. The average Bonchev–Trinajstić information content (AvgIpc) is 3.13. The molecule has 1 aliphatic heterocycles. The minimum atomic E-state index is -0.224. The van der Waals surface area contributed by atoms with Crippen LogP contribution in [-0.4, -0.2) is 39.2 Å². The molecule has 0 aliphatic carbocycles. The van der Waals surface area contributed by atoms with Crippen molar-refractivity contribution in [1.29, 1.82) is 0 Å². The van der Waals surface area contributed by atoms with Gasteiger partial charge in [0.2, 0.25) is 0 Å². The Morgan fingerprint density at radius 1 is 1.20 bits per heavy atom. The standard InChI is InChI=1S/C23H30N6O/c1-4-24-22(25-14-9-13-21-28-27-20-12-7-8-15-29(20)21)26-18-16-23(2,3)30-19-11-6-5-10-17(18)19/h5-8,10-12,15,18H,4,9,13-14,16H2,1-3H3,(H2,24,25,26). The molecule has 0 spiro atoms. The van der Waals surface area contributed by atoms with Crippen LogP contribution in [0.2, 0.25) is 0 Å². The van der Waals surface area contributed by atoms with E-state index in [0.717, 1.165) is 49.0 Å². The second kappa shape index (κ2) is 8.73. The number of aryl methyl sites for hydroxylation is 1. The third kappa shape index (κ3) is 4.56. The molecule has 4 rings (SSSR count). The van der Waals surface area contributed by atoms with Crippen LogP contribution in [0.1, 0.15) is 51.0 Å². The van der Waals surface area contributed by atoms with Crippen LogP contribution in [0.3, 0.4) is 0 Å². The molecule has 0 saturated carbocycles. The summed E-state index contributed by atoms with van der Waals surface area (Å²) in [6.45, 7) is 7.87. The molecule has 0 amide bonds. The van der Waals surface area contributed by atoms with Gasteiger partial charge in [-0.15, -0.1) is 10.2 Å². The third-order valence-corrected chi connectivity index (χ3v) is 5.24. The fourth-order valence-electron chi connectivity index (χ4n) is 3.91. The van der Waals surface area contributed by atoms with Crippen molar-refractivity contribution in [3.05, 3.63) is 60.0 Å². The van der Waals surface area contributed by atoms with Crippen LogP contribution in [-0.2, 0) is 6.42 Å². The largest absolute Gasteiger partial charge is 0.487 e. The molecule has 0 bridgehead atoms. The van der Waals surface area contributed by atoms with Crippen molar-refractivity contribution in [1.82, 2.24) is 25.2 Å². The van der Waals surface area contributed by atoms with Crippen molar-refractivity contribution >= 4 is 11.6 Å². The molecular weight excluding hydrogens is 376 g/mol. The number of aliphatic imine (C=N–C) groups is 1. The topological polar surface area (TPSA) is 75.8 Å². The van der Waals surface area contributed by atoms with Gasteiger partial charge in [0.05, 0.1) is 6.04 Å². The minimum Gasteiger partial charge on any atom is -0.487 e. The predicted octanol–water partition coefficient (Wildman–Crippen LogP) is 3.52. The van der Waals surface area contributed by atoms with E-state index in [0.29, 0.717) is 6.54 Å². The Morgan fingerprint density at radius 2 is 2.03 bits per heavy atom. The number of fused-ring (bicyclic) bond motifs is 2. The Kier molecular flexibility index (Phi) is 5.88. The highest BCUT2D eigenvalue weighted by molar-refractivity contribution is 5.80. The molecule has 1 atom stereocenters. The maximum Gasteiger partial charge on any atom is 0.191 e. The maximum absolute atomic E-state index is 6.15. The number of nitrogens with one attached hydrogen (secondary N) is 2. The van der Waals surface area contributed by atoms with Crippen LogP contribution < -0.4 is 15.4 Å². The molecule has 3 aromatic rings. The second-order valence-corrected chi connectivity index (χ2v) is 8.21. The Hall–Kier alpha value is -3.09. The van der Waals surface area contributed by atoms with Crippen molar-refractivity contribution in [3.63, 3.8) is 0 Å². The molecule has 30 heavy (non-hydrogen) atoms. The van der Waals surface area contributed by atoms with Gasteiger partial charge in [-0.2, -0.15) is 0 Å². The lowest BCUT2D eigenvalue weighted by atomic mass is 9.90. The molecular formula is C23H30N6O. The number of hydrogen-bond donors (Lipinski definition) is 2. The van der Waals surface area contributed by atoms with Crippen LogP contribution in [0.5, 0.6) is 5.75 Å². The summed E-state index contributed by atoms with van der Waals surface area (Å²) in [5, 5.41) is 15.5. The summed E-state index contributed by atoms with van der Waals surface area (Å²) < 4.78 is 8.19. The van der Waals surface area contributed by atoms with E-state index in [1.54, 1.807) is 0 Å². The van der Waals surface area contributed by atoms with Crippen molar-refractivity contribution in [3.8, 4) is 5.75 Å². The molecule has 1 unspecified atom stereocenters. The van der Waals surface area contributed by atoms with E-state index in [2.05, 4.69) is 53.7 Å². The molecule has 1 aromatic carbocycles. The molecule has 7 heteroatoms. The zero-order valence-electron chi connectivity index (χ0n) is 17.9. The first-order chi connectivity index (χ1) is 14.6. The molecule has 0 saturated heterocycles. The highest BCUT2D eigenvalue weighted by atomic mass is 16.5. The zero-order valence-corrected chi connectivity index (χ0v) is 17.9. The highest BCUT2D eigenvalue weighted by Gasteiger charge is 2.33. The van der Waals surface area contributed by atoms with Crippen LogP contribution in [0.25, 0.3) is 5.65 Å². The lowest BCUT2D eigenvalue weighted by Crippen LogP contribution is -2.45. The monoisotopic (exact) mass is 406 g/mol. The summed E-state index contributed by atoms with van der Waals surface area (Å²) in [5.74, 6) is 2.75. The summed E-state index contributed by atoms with van der Waals surface area (Å²) in [6.07, 6.45) is 4.62. The van der Waals surface area contributed by atoms with Gasteiger partial charge in [-0.05, 0) is 45.4 Å². The number of rotatable bonds is 6. The molecule has 0 fully saturated rings. The molecule has 1 aliphatic rings. The molecule has 2 aromatic heterocycles. The van der Waals surface area contributed by atoms with E-state index in [1.165, 1.54) is 5.56 Å². The number of aromatic nitrogens is 3. The second-order valence-electron chi connectivity index (χ2n) is 8.21. The van der Waals surface area contributed by atoms with Crippen molar-refractivity contribution in [2.24, 2.45) is 4.99 Å². The van der Waals surface area contributed by atoms with Gasteiger partial charge in [0.25, 0.3) is 0 Å². The molecule has 0 radical (unpaired) electrons. The zero-order chi connectivity index (χ0) is 21.0. The smallest absolute Gasteiger partial charge is 0.191 e. The first kappa shape index (κ1) is 20.2. The maximum atomic E-state index is 6.15. The summed E-state index contributed by atoms with van der Waals surface area (Å²) in [6, 6.07) is 14.3. The number of guanidine groups is 1. The summed E-state index contributed by atoms with van der Waals surface area (Å²) in [7, 11) is 0. The Bertz CT molecular complexity index is 1030. The predicted molar refractivity (Wildman–Crippen MR) is 119 cm³/mol. The van der Waals surface area contributed by atoms with Crippen LogP contribution >= 0.6 is 0 Å². The van der Waals surface area contributed by atoms with Gasteiger partial charge >= 0.3 is 0 Å². The lowest BCUT2D eigenvalue weighted by molar-refractivity contribution is 0.0694. The van der Waals surface area contributed by atoms with Crippen molar-refractivity contribution in [2.75, 3.05) is 13.1 Å². The fourth-order valence-corrected chi connectivity index (χ4v) is 3.91. The molecule has 3 heterocycles. The van der Waals surface area contributed by atoms with Gasteiger partial charge in [0.1, 0.15) is 17.2 Å². The number of benzene rings is 1. The average molecular weight is 407 g/mol. The summed E-state index contributed by atoms with van der Waals surface area (Å²) in [5.41, 5.74) is 1.84. The molecule has 158 valence electrons.